The van der Waals surface area contributed by atoms with Crippen molar-refractivity contribution in [1.82, 2.24) is 0 Å². The van der Waals surface area contributed by atoms with E-state index in [1.165, 1.54) is 55.7 Å². The first kappa shape index (κ1) is 11.8. The minimum atomic E-state index is 1.37. The molecule has 0 aliphatic rings. The molecule has 0 bridgehead atoms. The Morgan fingerprint density at radius 3 is 1.64 bits per heavy atom. The molecule has 0 aliphatic heterocycles. The van der Waals surface area contributed by atoms with E-state index in [0.717, 1.165) is 0 Å². The number of unbranched alkanes of at least 4 members (excludes halogenated alkanes) is 7. The molecule has 0 aliphatic carbocycles. The van der Waals surface area contributed by atoms with E-state index in [-0.39, 0.29) is 0 Å². The van der Waals surface area contributed by atoms with Crippen molar-refractivity contribution in [3.05, 3.63) is 0 Å². The molecule has 66 valence electrons. The first-order chi connectivity index (χ1) is 5.41. The van der Waals surface area contributed by atoms with Gasteiger partial charge in [0.1, 0.15) is 0 Å². The molecule has 0 heterocycles. The van der Waals surface area contributed by atoms with Gasteiger partial charge in [-0.3, -0.25) is 0 Å². The zero-order valence-electron chi connectivity index (χ0n) is 7.81. The van der Waals surface area contributed by atoms with Gasteiger partial charge in [0, 0.05) is 0 Å². The van der Waals surface area contributed by atoms with Crippen LogP contribution in [0.3, 0.4) is 0 Å². The fourth-order valence-corrected chi connectivity index (χ4v) is 1.88. The quantitative estimate of drug-likeness (QED) is 0.462. The summed E-state index contributed by atoms with van der Waals surface area (Å²) in [6.07, 6.45) is 11.6. The Kier molecular flexibility index (Phi) is 11.6. The van der Waals surface area contributed by atoms with Crippen LogP contribution in [-0.2, 0) is 0 Å². The van der Waals surface area contributed by atoms with Crippen molar-refractivity contribution in [2.75, 3.05) is 0 Å². The van der Waals surface area contributed by atoms with Gasteiger partial charge in [0.2, 0.25) is 0 Å². The average molecular weight is 263 g/mol. The second-order valence-electron chi connectivity index (χ2n) is 3.20. The summed E-state index contributed by atoms with van der Waals surface area (Å²) in [6.45, 7) is 2.28. The van der Waals surface area contributed by atoms with Crippen LogP contribution in [0.25, 0.3) is 0 Å². The van der Waals surface area contributed by atoms with E-state index in [1.807, 2.05) is 23.0 Å². The first-order valence-electron chi connectivity index (χ1n) is 5.02. The van der Waals surface area contributed by atoms with Gasteiger partial charge in [0.15, 0.2) is 0 Å². The summed E-state index contributed by atoms with van der Waals surface area (Å²) >= 11 is 1.96. The third kappa shape index (κ3) is 10.8. The van der Waals surface area contributed by atoms with Crippen molar-refractivity contribution in [3.63, 3.8) is 0 Å². The van der Waals surface area contributed by atoms with Gasteiger partial charge in [0.25, 0.3) is 0 Å². The van der Waals surface area contributed by atoms with E-state index in [2.05, 4.69) is 6.92 Å². The maximum atomic E-state index is 2.28. The summed E-state index contributed by atoms with van der Waals surface area (Å²) in [5.41, 5.74) is 0. The van der Waals surface area contributed by atoms with Crippen molar-refractivity contribution in [2.24, 2.45) is 0 Å². The van der Waals surface area contributed by atoms with Gasteiger partial charge in [-0.2, -0.15) is 0 Å². The SMILES string of the molecule is CCCCCCCCC[CH2][Sb]. The number of rotatable bonds is 8. The summed E-state index contributed by atoms with van der Waals surface area (Å²) in [7, 11) is 0. The molecule has 0 unspecified atom stereocenters. The molecule has 0 aromatic carbocycles. The van der Waals surface area contributed by atoms with Crippen molar-refractivity contribution in [2.45, 2.75) is 62.7 Å². The molecule has 0 fully saturated rings. The molecule has 1 heteroatoms. The zero-order chi connectivity index (χ0) is 8.36. The van der Waals surface area contributed by atoms with Gasteiger partial charge in [0.05, 0.1) is 0 Å². The van der Waals surface area contributed by atoms with Crippen LogP contribution < -0.4 is 0 Å². The molecular weight excluding hydrogens is 242 g/mol. The molecule has 2 radical (unpaired) electrons. The number of hydrogen-bond acceptors (Lipinski definition) is 0. The van der Waals surface area contributed by atoms with Crippen LogP contribution in [0.2, 0.25) is 4.37 Å². The normalized spacial score (nSPS) is 10.4. The third-order valence-corrected chi connectivity index (χ3v) is 2.91. The Morgan fingerprint density at radius 1 is 0.727 bits per heavy atom. The Balaban J connectivity index is 2.69. The van der Waals surface area contributed by atoms with E-state index in [1.54, 1.807) is 0 Å². The summed E-state index contributed by atoms with van der Waals surface area (Å²) in [4.78, 5) is 0. The number of hydrogen-bond donors (Lipinski definition) is 0. The molecular formula is C10H21Sb. The fourth-order valence-electron chi connectivity index (χ4n) is 1.25. The van der Waals surface area contributed by atoms with Crippen LogP contribution >= 0.6 is 0 Å². The molecule has 0 rings (SSSR count). The molecule has 0 saturated heterocycles. The molecule has 0 aromatic heterocycles. The van der Waals surface area contributed by atoms with Crippen LogP contribution in [0, 0.1) is 0 Å². The molecule has 11 heavy (non-hydrogen) atoms. The molecule has 0 N–H and O–H groups in total. The van der Waals surface area contributed by atoms with E-state index in [9.17, 15) is 0 Å². The van der Waals surface area contributed by atoms with Crippen molar-refractivity contribution in [3.8, 4) is 0 Å². The van der Waals surface area contributed by atoms with Gasteiger partial charge in [-0.15, -0.1) is 0 Å². The van der Waals surface area contributed by atoms with Gasteiger partial charge >= 0.3 is 85.7 Å². The van der Waals surface area contributed by atoms with Crippen LogP contribution in [0.4, 0.5) is 0 Å². The third-order valence-electron chi connectivity index (χ3n) is 2.01. The van der Waals surface area contributed by atoms with E-state index >= 15 is 0 Å². The molecule has 0 spiro atoms. The van der Waals surface area contributed by atoms with Crippen LogP contribution in [0.1, 0.15) is 58.3 Å². The van der Waals surface area contributed by atoms with Crippen molar-refractivity contribution < 1.29 is 0 Å². The summed E-state index contributed by atoms with van der Waals surface area (Å²) < 4.78 is 1.42. The van der Waals surface area contributed by atoms with Crippen LogP contribution in [0.5, 0.6) is 0 Å². The van der Waals surface area contributed by atoms with Crippen LogP contribution in [-0.4, -0.2) is 23.0 Å². The average Bonchev–Trinajstić information content (AvgIpc) is 2.03. The second kappa shape index (κ2) is 10.8. The standard InChI is InChI=1S/C10H21.Sb/c1-3-5-7-9-10-8-6-4-2;/h1,3-10H2,2H3;. The zero-order valence-corrected chi connectivity index (χ0v) is 10.4. The minimum absolute atomic E-state index is 1.37. The van der Waals surface area contributed by atoms with Gasteiger partial charge in [-0.1, -0.05) is 0 Å². The Bertz CT molecular complexity index is 53.9. The fraction of sp³-hybridized carbons (Fsp3) is 1.00. The monoisotopic (exact) mass is 262 g/mol. The molecule has 0 aromatic rings. The summed E-state index contributed by atoms with van der Waals surface area (Å²) in [6, 6.07) is 0. The van der Waals surface area contributed by atoms with Gasteiger partial charge < -0.3 is 0 Å². The van der Waals surface area contributed by atoms with E-state index in [4.69, 9.17) is 0 Å². The van der Waals surface area contributed by atoms with Gasteiger partial charge in [-0.05, 0) is 0 Å². The predicted octanol–water partition coefficient (Wildman–Crippen LogP) is 3.71. The van der Waals surface area contributed by atoms with Gasteiger partial charge in [-0.25, -0.2) is 0 Å². The van der Waals surface area contributed by atoms with Crippen molar-refractivity contribution >= 4 is 23.0 Å². The van der Waals surface area contributed by atoms with E-state index in [0.29, 0.717) is 0 Å². The summed E-state index contributed by atoms with van der Waals surface area (Å²) in [5, 5.41) is 0. The summed E-state index contributed by atoms with van der Waals surface area (Å²) in [5.74, 6) is 0. The maximum absolute atomic E-state index is 2.28. The Morgan fingerprint density at radius 2 is 1.18 bits per heavy atom. The van der Waals surface area contributed by atoms with Crippen molar-refractivity contribution in [1.29, 1.82) is 0 Å². The first-order valence-corrected chi connectivity index (χ1v) is 6.83. The topological polar surface area (TPSA) is 0 Å². The van der Waals surface area contributed by atoms with Crippen LogP contribution in [0.15, 0.2) is 0 Å². The molecule has 0 amide bonds. The Hall–Kier alpha value is 0.818. The molecule has 0 atom stereocenters. The van der Waals surface area contributed by atoms with E-state index < -0.39 is 0 Å². The molecule has 0 saturated carbocycles. The predicted molar refractivity (Wildman–Crippen MR) is 53.2 cm³/mol. The Labute approximate surface area is 85.6 Å². The second-order valence-corrected chi connectivity index (χ2v) is 4.47. The molecule has 0 nitrogen and oxygen atoms in total.